The van der Waals surface area contributed by atoms with E-state index in [2.05, 4.69) is 24.4 Å². The van der Waals surface area contributed by atoms with E-state index < -0.39 is 5.41 Å². The van der Waals surface area contributed by atoms with Crippen molar-refractivity contribution in [3.8, 4) is 0 Å². The summed E-state index contributed by atoms with van der Waals surface area (Å²) < 4.78 is 13.1. The summed E-state index contributed by atoms with van der Waals surface area (Å²) in [5.41, 5.74) is 3.78. The number of hydrogen-bond acceptors (Lipinski definition) is 2. The van der Waals surface area contributed by atoms with Crippen molar-refractivity contribution in [1.29, 1.82) is 0 Å². The Morgan fingerprint density at radius 2 is 1.54 bits per heavy atom. The topological polar surface area (TPSA) is 49.4 Å². The number of aryl methyl sites for hydroxylation is 2. The molecule has 3 aromatic rings. The quantitative estimate of drug-likeness (QED) is 0.502. The monoisotopic (exact) mass is 472 g/mol. The van der Waals surface area contributed by atoms with Crippen LogP contribution in [0.15, 0.2) is 78.9 Å². The van der Waals surface area contributed by atoms with Crippen LogP contribution in [0.2, 0.25) is 0 Å². The summed E-state index contributed by atoms with van der Waals surface area (Å²) in [5.74, 6) is -0.155. The largest absolute Gasteiger partial charge is 0.355 e. The van der Waals surface area contributed by atoms with Crippen molar-refractivity contribution < 1.29 is 14.0 Å². The van der Waals surface area contributed by atoms with Crippen molar-refractivity contribution in [2.45, 2.75) is 44.4 Å². The summed E-state index contributed by atoms with van der Waals surface area (Å²) in [6, 6.07) is 24.5. The Morgan fingerprint density at radius 3 is 2.23 bits per heavy atom. The third-order valence-corrected chi connectivity index (χ3v) is 7.21. The van der Waals surface area contributed by atoms with Crippen molar-refractivity contribution in [1.82, 2.24) is 10.2 Å². The number of rotatable bonds is 8. The Hall–Kier alpha value is -3.47. The first-order chi connectivity index (χ1) is 17.0. The van der Waals surface area contributed by atoms with Gasteiger partial charge in [-0.3, -0.25) is 9.59 Å². The molecule has 2 amide bonds. The number of nitrogens with zero attached hydrogens (tertiary/aromatic N) is 1. The molecule has 0 aromatic heterocycles. The first-order valence-electron chi connectivity index (χ1n) is 12.4. The lowest BCUT2D eigenvalue weighted by atomic mass is 9.72. The Balaban J connectivity index is 1.38. The maximum atomic E-state index is 13.6. The minimum atomic E-state index is -0.638. The van der Waals surface area contributed by atoms with E-state index in [9.17, 15) is 14.0 Å². The first kappa shape index (κ1) is 24.6. The number of halogens is 1. The van der Waals surface area contributed by atoms with Gasteiger partial charge in [0.1, 0.15) is 5.82 Å². The van der Waals surface area contributed by atoms with Crippen molar-refractivity contribution in [3.63, 3.8) is 0 Å². The number of benzene rings is 3. The fourth-order valence-electron chi connectivity index (χ4n) is 4.97. The summed E-state index contributed by atoms with van der Waals surface area (Å²) in [6.07, 6.45) is 2.94. The summed E-state index contributed by atoms with van der Waals surface area (Å²) in [4.78, 5) is 28.3. The molecule has 35 heavy (non-hydrogen) atoms. The molecule has 182 valence electrons. The molecule has 5 heteroatoms. The highest BCUT2D eigenvalue weighted by Gasteiger charge is 2.43. The predicted molar refractivity (Wildman–Crippen MR) is 137 cm³/mol. The minimum absolute atomic E-state index is 0.0377. The van der Waals surface area contributed by atoms with Crippen LogP contribution in [0.4, 0.5) is 4.39 Å². The van der Waals surface area contributed by atoms with E-state index in [1.807, 2.05) is 47.4 Å². The number of likely N-dealkylation sites (tertiary alicyclic amines) is 1. The SMILES string of the molecule is Cc1ccccc1CCNC(=O)C1(c2ccccc2)CCN(C(=O)CCc2ccc(F)cc2)CC1. The average molecular weight is 473 g/mol. The zero-order valence-electron chi connectivity index (χ0n) is 20.3. The highest BCUT2D eigenvalue weighted by atomic mass is 19.1. The zero-order chi connectivity index (χ0) is 24.7. The van der Waals surface area contributed by atoms with Crippen LogP contribution >= 0.6 is 0 Å². The van der Waals surface area contributed by atoms with E-state index in [1.165, 1.54) is 23.3 Å². The lowest BCUT2D eigenvalue weighted by molar-refractivity contribution is -0.136. The Bertz CT molecular complexity index is 1140. The predicted octanol–water partition coefficient (Wildman–Crippen LogP) is 4.99. The third-order valence-electron chi connectivity index (χ3n) is 7.21. The molecule has 0 radical (unpaired) electrons. The maximum Gasteiger partial charge on any atom is 0.230 e. The van der Waals surface area contributed by atoms with Gasteiger partial charge in [-0.25, -0.2) is 4.39 Å². The van der Waals surface area contributed by atoms with Crippen molar-refractivity contribution in [3.05, 3.63) is 107 Å². The van der Waals surface area contributed by atoms with Crippen LogP contribution in [0, 0.1) is 12.7 Å². The Kier molecular flexibility index (Phi) is 7.96. The van der Waals surface area contributed by atoms with Gasteiger partial charge in [-0.1, -0.05) is 66.7 Å². The summed E-state index contributed by atoms with van der Waals surface area (Å²) in [5, 5.41) is 3.19. The molecule has 0 aliphatic carbocycles. The van der Waals surface area contributed by atoms with E-state index in [4.69, 9.17) is 0 Å². The van der Waals surface area contributed by atoms with Crippen LogP contribution in [0.3, 0.4) is 0 Å². The summed E-state index contributed by atoms with van der Waals surface area (Å²) in [6.45, 7) is 3.76. The van der Waals surface area contributed by atoms with Crippen LogP contribution in [0.25, 0.3) is 0 Å². The second kappa shape index (κ2) is 11.3. The van der Waals surface area contributed by atoms with Gasteiger partial charge >= 0.3 is 0 Å². The van der Waals surface area contributed by atoms with E-state index >= 15 is 0 Å². The molecule has 3 aromatic carbocycles. The first-order valence-corrected chi connectivity index (χ1v) is 12.4. The van der Waals surface area contributed by atoms with E-state index in [1.54, 1.807) is 12.1 Å². The molecule has 1 aliphatic rings. The molecule has 0 bridgehead atoms. The van der Waals surface area contributed by atoms with Crippen LogP contribution in [0.5, 0.6) is 0 Å². The molecule has 1 fully saturated rings. The van der Waals surface area contributed by atoms with E-state index in [0.717, 1.165) is 17.5 Å². The molecule has 0 atom stereocenters. The molecule has 0 unspecified atom stereocenters. The number of carbonyl (C=O) groups excluding carboxylic acids is 2. The standard InChI is InChI=1S/C30H33FN2O2/c1-23-7-5-6-8-25(23)17-20-32-29(35)30(26-9-3-2-4-10-26)18-21-33(22-19-30)28(34)16-13-24-11-14-27(31)15-12-24/h2-12,14-15H,13,16-22H2,1H3,(H,32,35). The van der Waals surface area contributed by atoms with Gasteiger partial charge in [0, 0.05) is 26.1 Å². The number of hydrogen-bond donors (Lipinski definition) is 1. The van der Waals surface area contributed by atoms with Gasteiger partial charge in [0.2, 0.25) is 11.8 Å². The molecule has 1 saturated heterocycles. The van der Waals surface area contributed by atoms with Crippen LogP contribution in [0.1, 0.15) is 41.5 Å². The zero-order valence-corrected chi connectivity index (χ0v) is 20.3. The summed E-state index contributed by atoms with van der Waals surface area (Å²) in [7, 11) is 0. The molecule has 4 rings (SSSR count). The minimum Gasteiger partial charge on any atom is -0.355 e. The molecule has 1 heterocycles. The van der Waals surface area contributed by atoms with E-state index in [-0.39, 0.29) is 17.6 Å². The number of amides is 2. The van der Waals surface area contributed by atoms with Gasteiger partial charge in [-0.05, 0) is 67.0 Å². The highest BCUT2D eigenvalue weighted by Crippen LogP contribution is 2.36. The van der Waals surface area contributed by atoms with Gasteiger partial charge in [0.25, 0.3) is 0 Å². The van der Waals surface area contributed by atoms with Crippen molar-refractivity contribution in [2.75, 3.05) is 19.6 Å². The molecule has 1 N–H and O–H groups in total. The number of piperidine rings is 1. The average Bonchev–Trinajstić information content (AvgIpc) is 2.89. The van der Waals surface area contributed by atoms with Gasteiger partial charge in [-0.2, -0.15) is 0 Å². The Morgan fingerprint density at radius 1 is 0.886 bits per heavy atom. The van der Waals surface area contributed by atoms with Crippen LogP contribution < -0.4 is 5.32 Å². The van der Waals surface area contributed by atoms with Gasteiger partial charge in [0.15, 0.2) is 0 Å². The van der Waals surface area contributed by atoms with Gasteiger partial charge in [0.05, 0.1) is 5.41 Å². The molecule has 1 aliphatic heterocycles. The van der Waals surface area contributed by atoms with Crippen LogP contribution in [-0.4, -0.2) is 36.3 Å². The molecule has 0 saturated carbocycles. The van der Waals surface area contributed by atoms with Gasteiger partial charge < -0.3 is 10.2 Å². The lowest BCUT2D eigenvalue weighted by Gasteiger charge is -2.41. The van der Waals surface area contributed by atoms with Gasteiger partial charge in [-0.15, -0.1) is 0 Å². The van der Waals surface area contributed by atoms with Crippen molar-refractivity contribution in [2.24, 2.45) is 0 Å². The Labute approximate surface area is 207 Å². The second-order valence-corrected chi connectivity index (χ2v) is 9.39. The van der Waals surface area contributed by atoms with Crippen LogP contribution in [-0.2, 0) is 27.8 Å². The van der Waals surface area contributed by atoms with Crippen molar-refractivity contribution >= 4 is 11.8 Å². The normalized spacial score (nSPS) is 15.0. The van der Waals surface area contributed by atoms with E-state index in [0.29, 0.717) is 45.3 Å². The summed E-state index contributed by atoms with van der Waals surface area (Å²) >= 11 is 0. The fraction of sp³-hybridized carbons (Fsp3) is 0.333. The fourth-order valence-corrected chi connectivity index (χ4v) is 4.97. The number of carbonyl (C=O) groups is 2. The molecular formula is C30H33FN2O2. The molecule has 0 spiro atoms. The highest BCUT2D eigenvalue weighted by molar-refractivity contribution is 5.89. The second-order valence-electron chi connectivity index (χ2n) is 9.39. The number of nitrogens with one attached hydrogen (secondary N) is 1. The molecule has 4 nitrogen and oxygen atoms in total. The smallest absolute Gasteiger partial charge is 0.230 e. The lowest BCUT2D eigenvalue weighted by Crippen LogP contribution is -2.53. The maximum absolute atomic E-state index is 13.6. The molecular weight excluding hydrogens is 439 g/mol. The third kappa shape index (κ3) is 5.97.